The largest absolute Gasteiger partial charge is 0.382 e. The van der Waals surface area contributed by atoms with Gasteiger partial charge in [0.05, 0.1) is 6.42 Å². The number of rotatable bonds is 2. The molecule has 0 spiro atoms. The monoisotopic (exact) mass is 245 g/mol. The molecule has 1 saturated heterocycles. The van der Waals surface area contributed by atoms with E-state index >= 15 is 0 Å². The van der Waals surface area contributed by atoms with Crippen molar-refractivity contribution in [1.29, 1.82) is 0 Å². The Labute approximate surface area is 107 Å². The van der Waals surface area contributed by atoms with Crippen LogP contribution in [-0.2, 0) is 11.2 Å². The number of carbonyl (C=O) groups excluding carboxylic acids is 1. The Hall–Kier alpha value is -1.55. The lowest BCUT2D eigenvalue weighted by Gasteiger charge is -2.30. The highest BCUT2D eigenvalue weighted by atomic mass is 16.1. The SMILES string of the molecule is CN1CCC(Nc2ccc3c(c2)CC(=O)N3)CC1. The molecule has 0 atom stereocenters. The van der Waals surface area contributed by atoms with Crippen LogP contribution in [0.3, 0.4) is 0 Å². The molecule has 1 aromatic carbocycles. The fourth-order valence-electron chi connectivity index (χ4n) is 2.71. The Morgan fingerprint density at radius 1 is 1.33 bits per heavy atom. The third-order valence-electron chi connectivity index (χ3n) is 3.82. The summed E-state index contributed by atoms with van der Waals surface area (Å²) < 4.78 is 0. The van der Waals surface area contributed by atoms with E-state index in [4.69, 9.17) is 0 Å². The van der Waals surface area contributed by atoms with Gasteiger partial charge in [0.2, 0.25) is 5.91 Å². The van der Waals surface area contributed by atoms with Gasteiger partial charge in [0.15, 0.2) is 0 Å². The molecule has 0 aliphatic carbocycles. The summed E-state index contributed by atoms with van der Waals surface area (Å²) in [6.45, 7) is 2.31. The summed E-state index contributed by atoms with van der Waals surface area (Å²) in [6.07, 6.45) is 2.88. The van der Waals surface area contributed by atoms with Crippen molar-refractivity contribution in [3.63, 3.8) is 0 Å². The summed E-state index contributed by atoms with van der Waals surface area (Å²) in [7, 11) is 2.17. The van der Waals surface area contributed by atoms with Crippen LogP contribution in [0, 0.1) is 0 Å². The van der Waals surface area contributed by atoms with Crippen molar-refractivity contribution in [3.05, 3.63) is 23.8 Å². The molecule has 1 fully saturated rings. The summed E-state index contributed by atoms with van der Waals surface area (Å²) in [6, 6.07) is 6.72. The Balaban J connectivity index is 1.67. The van der Waals surface area contributed by atoms with Crippen LogP contribution in [-0.4, -0.2) is 37.0 Å². The van der Waals surface area contributed by atoms with E-state index in [0.29, 0.717) is 12.5 Å². The van der Waals surface area contributed by atoms with Gasteiger partial charge in [-0.05, 0) is 56.7 Å². The zero-order valence-corrected chi connectivity index (χ0v) is 10.7. The average Bonchev–Trinajstić information content (AvgIpc) is 2.71. The first-order valence-corrected chi connectivity index (χ1v) is 6.58. The minimum Gasteiger partial charge on any atom is -0.382 e. The fraction of sp³-hybridized carbons (Fsp3) is 0.500. The number of hydrogen-bond donors (Lipinski definition) is 2. The van der Waals surface area contributed by atoms with Crippen molar-refractivity contribution in [2.75, 3.05) is 30.8 Å². The highest BCUT2D eigenvalue weighted by molar-refractivity contribution is 5.99. The maximum absolute atomic E-state index is 11.3. The van der Waals surface area contributed by atoms with Crippen LogP contribution < -0.4 is 10.6 Å². The molecule has 2 N–H and O–H groups in total. The van der Waals surface area contributed by atoms with Crippen molar-refractivity contribution >= 4 is 17.3 Å². The summed E-state index contributed by atoms with van der Waals surface area (Å²) in [4.78, 5) is 13.7. The van der Waals surface area contributed by atoms with E-state index in [2.05, 4.69) is 34.7 Å². The number of piperidine rings is 1. The van der Waals surface area contributed by atoms with Crippen LogP contribution in [0.5, 0.6) is 0 Å². The summed E-state index contributed by atoms with van der Waals surface area (Å²) in [5.41, 5.74) is 3.21. The van der Waals surface area contributed by atoms with E-state index < -0.39 is 0 Å². The molecule has 0 radical (unpaired) electrons. The van der Waals surface area contributed by atoms with Crippen LogP contribution >= 0.6 is 0 Å². The minimum atomic E-state index is 0.0986. The molecule has 2 heterocycles. The number of likely N-dealkylation sites (tertiary alicyclic amines) is 1. The molecule has 2 aliphatic heterocycles. The number of fused-ring (bicyclic) bond motifs is 1. The van der Waals surface area contributed by atoms with Crippen LogP contribution in [0.4, 0.5) is 11.4 Å². The maximum atomic E-state index is 11.3. The molecule has 4 heteroatoms. The fourth-order valence-corrected chi connectivity index (χ4v) is 2.71. The highest BCUT2D eigenvalue weighted by Gasteiger charge is 2.19. The molecule has 4 nitrogen and oxygen atoms in total. The Bertz CT molecular complexity index is 464. The van der Waals surface area contributed by atoms with Gasteiger partial charge in [-0.2, -0.15) is 0 Å². The molecule has 0 aromatic heterocycles. The second kappa shape index (κ2) is 4.61. The second-order valence-corrected chi connectivity index (χ2v) is 5.32. The van der Waals surface area contributed by atoms with E-state index in [0.717, 1.165) is 30.0 Å². The minimum absolute atomic E-state index is 0.0986. The van der Waals surface area contributed by atoms with Crippen LogP contribution in [0.25, 0.3) is 0 Å². The Morgan fingerprint density at radius 3 is 2.89 bits per heavy atom. The van der Waals surface area contributed by atoms with Gasteiger partial charge in [-0.25, -0.2) is 0 Å². The second-order valence-electron chi connectivity index (χ2n) is 5.32. The van der Waals surface area contributed by atoms with Crippen molar-refractivity contribution in [1.82, 2.24) is 4.90 Å². The number of nitrogens with zero attached hydrogens (tertiary/aromatic N) is 1. The van der Waals surface area contributed by atoms with Crippen LogP contribution in [0.1, 0.15) is 18.4 Å². The lowest BCUT2D eigenvalue weighted by Crippen LogP contribution is -2.36. The molecular weight excluding hydrogens is 226 g/mol. The van der Waals surface area contributed by atoms with Gasteiger partial charge >= 0.3 is 0 Å². The van der Waals surface area contributed by atoms with Gasteiger partial charge in [-0.15, -0.1) is 0 Å². The number of carbonyl (C=O) groups is 1. The number of amides is 1. The lowest BCUT2D eigenvalue weighted by atomic mass is 10.0. The van der Waals surface area contributed by atoms with E-state index in [9.17, 15) is 4.79 Å². The van der Waals surface area contributed by atoms with Crippen LogP contribution in [0.2, 0.25) is 0 Å². The number of hydrogen-bond acceptors (Lipinski definition) is 3. The third kappa shape index (κ3) is 2.34. The quantitative estimate of drug-likeness (QED) is 0.833. The van der Waals surface area contributed by atoms with E-state index in [1.807, 2.05) is 6.07 Å². The molecule has 1 aromatic rings. The van der Waals surface area contributed by atoms with Crippen molar-refractivity contribution in [2.45, 2.75) is 25.3 Å². The number of benzene rings is 1. The molecule has 18 heavy (non-hydrogen) atoms. The van der Waals surface area contributed by atoms with E-state index in [1.165, 1.54) is 12.8 Å². The average molecular weight is 245 g/mol. The summed E-state index contributed by atoms with van der Waals surface area (Å²) in [5.74, 6) is 0.0986. The molecule has 0 unspecified atom stereocenters. The van der Waals surface area contributed by atoms with E-state index in [-0.39, 0.29) is 5.91 Å². The molecular formula is C14H19N3O. The zero-order valence-electron chi connectivity index (χ0n) is 10.7. The first-order valence-electron chi connectivity index (χ1n) is 6.58. The number of nitrogens with one attached hydrogen (secondary N) is 2. The van der Waals surface area contributed by atoms with Crippen molar-refractivity contribution < 1.29 is 4.79 Å². The normalized spacial score (nSPS) is 20.6. The summed E-state index contributed by atoms with van der Waals surface area (Å²) >= 11 is 0. The van der Waals surface area contributed by atoms with Gasteiger partial charge in [0.1, 0.15) is 0 Å². The van der Waals surface area contributed by atoms with Gasteiger partial charge in [0, 0.05) is 17.4 Å². The standard InChI is InChI=1S/C14H19N3O/c1-17-6-4-11(5-7-17)15-12-2-3-13-10(8-12)9-14(18)16-13/h2-3,8,11,15H,4-7,9H2,1H3,(H,16,18). The van der Waals surface area contributed by atoms with Gasteiger partial charge in [0.25, 0.3) is 0 Å². The van der Waals surface area contributed by atoms with Crippen LogP contribution in [0.15, 0.2) is 18.2 Å². The molecule has 3 rings (SSSR count). The molecule has 2 aliphatic rings. The molecule has 1 amide bonds. The Kier molecular flexibility index (Phi) is 2.96. The number of anilines is 2. The molecule has 0 bridgehead atoms. The first-order chi connectivity index (χ1) is 8.70. The van der Waals surface area contributed by atoms with Crippen molar-refractivity contribution in [2.24, 2.45) is 0 Å². The predicted molar refractivity (Wildman–Crippen MR) is 72.9 cm³/mol. The molecule has 0 saturated carbocycles. The Morgan fingerprint density at radius 2 is 2.11 bits per heavy atom. The van der Waals surface area contributed by atoms with Gasteiger partial charge in [-0.3, -0.25) is 4.79 Å². The summed E-state index contributed by atoms with van der Waals surface area (Å²) in [5, 5.41) is 6.44. The topological polar surface area (TPSA) is 44.4 Å². The van der Waals surface area contributed by atoms with Gasteiger partial charge < -0.3 is 15.5 Å². The van der Waals surface area contributed by atoms with Crippen molar-refractivity contribution in [3.8, 4) is 0 Å². The highest BCUT2D eigenvalue weighted by Crippen LogP contribution is 2.27. The molecule has 96 valence electrons. The first kappa shape index (κ1) is 11.5. The lowest BCUT2D eigenvalue weighted by molar-refractivity contribution is -0.115. The predicted octanol–water partition coefficient (Wildman–Crippen LogP) is 1.69. The maximum Gasteiger partial charge on any atom is 0.228 e. The third-order valence-corrected chi connectivity index (χ3v) is 3.82. The zero-order chi connectivity index (χ0) is 12.5. The van der Waals surface area contributed by atoms with Gasteiger partial charge in [-0.1, -0.05) is 0 Å². The van der Waals surface area contributed by atoms with E-state index in [1.54, 1.807) is 0 Å². The smallest absolute Gasteiger partial charge is 0.228 e.